The van der Waals surface area contributed by atoms with Crippen molar-refractivity contribution in [2.45, 2.75) is 45.2 Å². The minimum absolute atomic E-state index is 0.312. The van der Waals surface area contributed by atoms with E-state index in [0.717, 1.165) is 24.2 Å². The summed E-state index contributed by atoms with van der Waals surface area (Å²) < 4.78 is 0. The van der Waals surface area contributed by atoms with Gasteiger partial charge in [-0.25, -0.2) is 4.79 Å². The van der Waals surface area contributed by atoms with Gasteiger partial charge in [-0.1, -0.05) is 25.8 Å². The van der Waals surface area contributed by atoms with E-state index < -0.39 is 29.9 Å². The zero-order valence-electron chi connectivity index (χ0n) is 14.4. The van der Waals surface area contributed by atoms with Gasteiger partial charge in [0.1, 0.15) is 12.3 Å². The zero-order valence-corrected chi connectivity index (χ0v) is 15.3. The maximum Gasteiger partial charge on any atom is 0.325 e. The number of carbonyl (C=O) groups is 4. The minimum Gasteiger partial charge on any atom is -0.332 e. The number of amides is 4. The van der Waals surface area contributed by atoms with Crippen molar-refractivity contribution in [2.24, 2.45) is 0 Å². The maximum atomic E-state index is 12.5. The molecule has 2 rings (SSSR count). The molecule has 136 valence electrons. The molecule has 2 atom stereocenters. The van der Waals surface area contributed by atoms with Gasteiger partial charge in [-0.3, -0.25) is 14.5 Å². The summed E-state index contributed by atoms with van der Waals surface area (Å²) in [5.41, 5.74) is 0. The van der Waals surface area contributed by atoms with Crippen molar-refractivity contribution in [1.29, 1.82) is 0 Å². The molecule has 0 aliphatic carbocycles. The molecule has 8 heteroatoms. The van der Waals surface area contributed by atoms with Gasteiger partial charge in [0.2, 0.25) is 0 Å². The second-order valence-electron chi connectivity index (χ2n) is 6.06. The van der Waals surface area contributed by atoms with E-state index in [1.165, 1.54) is 16.2 Å². The molecule has 1 N–H and O–H groups in total. The Bertz CT molecular complexity index is 632. The van der Waals surface area contributed by atoms with Crippen molar-refractivity contribution in [3.05, 3.63) is 22.4 Å². The van der Waals surface area contributed by atoms with Crippen molar-refractivity contribution < 1.29 is 19.2 Å². The molecule has 2 unspecified atom stereocenters. The Kier molecular flexibility index (Phi) is 6.69. The fourth-order valence-electron chi connectivity index (χ4n) is 2.80. The number of hydrogen-bond acceptors (Lipinski definition) is 5. The molecule has 1 aromatic rings. The highest BCUT2D eigenvalue weighted by molar-refractivity contribution is 7.10. The maximum absolute atomic E-state index is 12.5. The third-order valence-electron chi connectivity index (χ3n) is 4.13. The van der Waals surface area contributed by atoms with E-state index in [1.54, 1.807) is 24.4 Å². The Morgan fingerprint density at radius 2 is 2.16 bits per heavy atom. The third-order valence-corrected chi connectivity index (χ3v) is 5.08. The van der Waals surface area contributed by atoms with Crippen LogP contribution in [0.2, 0.25) is 0 Å². The SMILES string of the molecule is CCCCCN1CC(C)N(C(=O)NC(C=O)c2cccs2)C(=O)C1=O. The predicted octanol–water partition coefficient (Wildman–Crippen LogP) is 1.95. The van der Waals surface area contributed by atoms with Gasteiger partial charge in [0.05, 0.1) is 6.04 Å². The molecular formula is C17H23N3O4S. The highest BCUT2D eigenvalue weighted by Gasteiger charge is 2.40. The van der Waals surface area contributed by atoms with Crippen LogP contribution in [0.25, 0.3) is 0 Å². The Balaban J connectivity index is 2.03. The van der Waals surface area contributed by atoms with Crippen LogP contribution in [0.3, 0.4) is 0 Å². The number of nitrogens with zero attached hydrogens (tertiary/aromatic N) is 2. The fraction of sp³-hybridized carbons (Fsp3) is 0.529. The van der Waals surface area contributed by atoms with Crippen LogP contribution in [-0.4, -0.2) is 53.1 Å². The minimum atomic E-state index is -0.844. The first-order valence-corrected chi connectivity index (χ1v) is 9.29. The molecule has 1 aliphatic rings. The van der Waals surface area contributed by atoms with Crippen LogP contribution in [0.4, 0.5) is 4.79 Å². The van der Waals surface area contributed by atoms with E-state index in [-0.39, 0.29) is 0 Å². The summed E-state index contributed by atoms with van der Waals surface area (Å²) in [5.74, 6) is -1.51. The summed E-state index contributed by atoms with van der Waals surface area (Å²) in [6, 6.07) is 1.51. The molecule has 0 spiro atoms. The Hall–Kier alpha value is -2.22. The molecule has 1 aliphatic heterocycles. The van der Waals surface area contributed by atoms with Crippen LogP contribution in [-0.2, 0) is 14.4 Å². The molecule has 1 aromatic heterocycles. The van der Waals surface area contributed by atoms with Crippen molar-refractivity contribution >= 4 is 35.5 Å². The van der Waals surface area contributed by atoms with Gasteiger partial charge in [-0.15, -0.1) is 11.3 Å². The van der Waals surface area contributed by atoms with Crippen molar-refractivity contribution in [1.82, 2.24) is 15.1 Å². The van der Waals surface area contributed by atoms with Crippen LogP contribution in [0.5, 0.6) is 0 Å². The third kappa shape index (κ3) is 4.45. The molecule has 7 nitrogen and oxygen atoms in total. The Labute approximate surface area is 151 Å². The highest BCUT2D eigenvalue weighted by Crippen LogP contribution is 2.19. The van der Waals surface area contributed by atoms with Gasteiger partial charge >= 0.3 is 17.8 Å². The average Bonchev–Trinajstić information content (AvgIpc) is 3.11. The fourth-order valence-corrected chi connectivity index (χ4v) is 3.54. The summed E-state index contributed by atoms with van der Waals surface area (Å²) in [6.07, 6.45) is 3.45. The number of carbonyl (C=O) groups excluding carboxylic acids is 4. The van der Waals surface area contributed by atoms with Crippen molar-refractivity contribution in [2.75, 3.05) is 13.1 Å². The van der Waals surface area contributed by atoms with E-state index in [4.69, 9.17) is 0 Å². The largest absolute Gasteiger partial charge is 0.332 e. The number of rotatable bonds is 7. The topological polar surface area (TPSA) is 86.8 Å². The lowest BCUT2D eigenvalue weighted by Gasteiger charge is -2.37. The van der Waals surface area contributed by atoms with E-state index in [1.807, 2.05) is 0 Å². The summed E-state index contributed by atoms with van der Waals surface area (Å²) in [7, 11) is 0. The normalized spacial score (nSPS) is 19.0. The Morgan fingerprint density at radius 1 is 1.40 bits per heavy atom. The lowest BCUT2D eigenvalue weighted by Crippen LogP contribution is -2.62. The van der Waals surface area contributed by atoms with Crippen LogP contribution < -0.4 is 5.32 Å². The smallest absolute Gasteiger partial charge is 0.325 e. The van der Waals surface area contributed by atoms with E-state index in [9.17, 15) is 19.2 Å². The van der Waals surface area contributed by atoms with Gasteiger partial charge < -0.3 is 15.0 Å². The predicted molar refractivity (Wildman–Crippen MR) is 94.1 cm³/mol. The first-order chi connectivity index (χ1) is 12.0. The van der Waals surface area contributed by atoms with E-state index >= 15 is 0 Å². The molecule has 25 heavy (non-hydrogen) atoms. The van der Waals surface area contributed by atoms with Crippen molar-refractivity contribution in [3.63, 3.8) is 0 Å². The second kappa shape index (κ2) is 8.75. The molecule has 0 bridgehead atoms. The summed E-state index contributed by atoms with van der Waals surface area (Å²) in [4.78, 5) is 51.4. The first kappa shape index (κ1) is 19.1. The van der Waals surface area contributed by atoms with Crippen LogP contribution in [0, 0.1) is 0 Å². The number of piperazine rings is 1. The number of aldehydes is 1. The molecule has 0 saturated carbocycles. The summed E-state index contributed by atoms with van der Waals surface area (Å²) in [5, 5.41) is 4.32. The second-order valence-corrected chi connectivity index (χ2v) is 7.04. The zero-order chi connectivity index (χ0) is 18.4. The molecule has 1 fully saturated rings. The van der Waals surface area contributed by atoms with Gasteiger partial charge in [0.25, 0.3) is 0 Å². The highest BCUT2D eigenvalue weighted by atomic mass is 32.1. The summed E-state index contributed by atoms with van der Waals surface area (Å²) in [6.45, 7) is 4.61. The van der Waals surface area contributed by atoms with Gasteiger partial charge in [0.15, 0.2) is 0 Å². The van der Waals surface area contributed by atoms with Gasteiger partial charge in [-0.05, 0) is 24.8 Å². The summed E-state index contributed by atoms with van der Waals surface area (Å²) >= 11 is 1.33. The molecule has 0 aromatic carbocycles. The quantitative estimate of drug-likeness (QED) is 0.454. The molecule has 1 saturated heterocycles. The molecular weight excluding hydrogens is 342 g/mol. The van der Waals surface area contributed by atoms with Gasteiger partial charge in [-0.2, -0.15) is 0 Å². The van der Waals surface area contributed by atoms with Crippen molar-refractivity contribution in [3.8, 4) is 0 Å². The number of hydrogen-bond donors (Lipinski definition) is 1. The van der Waals surface area contributed by atoms with Crippen LogP contribution in [0.15, 0.2) is 17.5 Å². The standard InChI is InChI=1S/C17H23N3O4S/c1-3-4-5-8-19-10-12(2)20(16(23)15(19)22)17(24)18-13(11-21)14-7-6-9-25-14/h6-7,9,11-13H,3-5,8,10H2,1-2H3,(H,18,24). The molecule has 0 radical (unpaired) electrons. The lowest BCUT2D eigenvalue weighted by atomic mass is 10.1. The monoisotopic (exact) mass is 365 g/mol. The number of unbranched alkanes of at least 4 members (excludes halogenated alkanes) is 2. The van der Waals surface area contributed by atoms with Crippen LogP contribution >= 0.6 is 11.3 Å². The Morgan fingerprint density at radius 3 is 2.76 bits per heavy atom. The number of thiophene rings is 1. The number of nitrogens with one attached hydrogen (secondary N) is 1. The van der Waals surface area contributed by atoms with E-state index in [2.05, 4.69) is 12.2 Å². The van der Waals surface area contributed by atoms with E-state index in [0.29, 0.717) is 24.3 Å². The average molecular weight is 365 g/mol. The van der Waals surface area contributed by atoms with Crippen LogP contribution in [0.1, 0.15) is 44.0 Å². The lowest BCUT2D eigenvalue weighted by molar-refractivity contribution is -0.156. The first-order valence-electron chi connectivity index (χ1n) is 8.41. The number of urea groups is 1. The van der Waals surface area contributed by atoms with Gasteiger partial charge in [0, 0.05) is 18.0 Å². The number of imide groups is 1. The molecule has 4 amide bonds. The molecule has 2 heterocycles.